The summed E-state index contributed by atoms with van der Waals surface area (Å²) in [5, 5.41) is 12.4. The van der Waals surface area contributed by atoms with Gasteiger partial charge in [-0.25, -0.2) is 14.4 Å². The summed E-state index contributed by atoms with van der Waals surface area (Å²) in [5.74, 6) is 1.74. The molecule has 1 aliphatic heterocycles. The average molecular weight is 528 g/mol. The molecule has 0 bridgehead atoms. The Labute approximate surface area is 204 Å². The van der Waals surface area contributed by atoms with Gasteiger partial charge in [-0.2, -0.15) is 5.26 Å². The fourth-order valence-corrected chi connectivity index (χ4v) is 4.15. The van der Waals surface area contributed by atoms with E-state index in [0.29, 0.717) is 50.9 Å². The number of rotatable bonds is 6. The van der Waals surface area contributed by atoms with Crippen LogP contribution in [0.25, 0.3) is 10.9 Å². The summed E-state index contributed by atoms with van der Waals surface area (Å²) < 4.78 is 26.6. The molecule has 2 aromatic carbocycles. The molecule has 9 nitrogen and oxygen atoms in total. The highest BCUT2D eigenvalue weighted by atomic mass is 79.9. The summed E-state index contributed by atoms with van der Waals surface area (Å²) in [4.78, 5) is 14.1. The van der Waals surface area contributed by atoms with Crippen molar-refractivity contribution in [1.29, 1.82) is 5.26 Å². The quantitative estimate of drug-likeness (QED) is 0.278. The van der Waals surface area contributed by atoms with Crippen LogP contribution in [-0.2, 0) is 0 Å². The predicted molar refractivity (Wildman–Crippen MR) is 131 cm³/mol. The molecule has 2 heterocycles. The number of fused-ring (bicyclic) bond motifs is 1. The fraction of sp³-hybridized carbons (Fsp3) is 0.304. The van der Waals surface area contributed by atoms with Crippen LogP contribution in [0.3, 0.4) is 0 Å². The Balaban J connectivity index is 1.49. The number of piperidine rings is 1. The number of methoxy groups -OCH3 is 1. The Morgan fingerprint density at radius 2 is 2.09 bits per heavy atom. The van der Waals surface area contributed by atoms with E-state index in [2.05, 4.69) is 36.2 Å². The first-order valence-electron chi connectivity index (χ1n) is 10.6. The van der Waals surface area contributed by atoms with E-state index in [4.69, 9.17) is 20.5 Å². The third kappa shape index (κ3) is 5.28. The van der Waals surface area contributed by atoms with Gasteiger partial charge in [0, 0.05) is 29.0 Å². The highest BCUT2D eigenvalue weighted by Crippen LogP contribution is 2.35. The molecule has 3 aromatic rings. The number of nitrogens with one attached hydrogen (secondary N) is 1. The molecule has 0 spiro atoms. The van der Waals surface area contributed by atoms with Crippen molar-refractivity contribution in [3.8, 4) is 17.7 Å². The Kier molecular flexibility index (Phi) is 7.27. The number of nitrogens with two attached hydrogens (primary N) is 1. The van der Waals surface area contributed by atoms with E-state index in [1.54, 1.807) is 37.6 Å². The van der Waals surface area contributed by atoms with E-state index in [-0.39, 0.29) is 5.96 Å². The summed E-state index contributed by atoms with van der Waals surface area (Å²) in [5.41, 5.74) is 6.74. The van der Waals surface area contributed by atoms with Crippen LogP contribution in [-0.4, -0.2) is 47.6 Å². The summed E-state index contributed by atoms with van der Waals surface area (Å²) in [6, 6.07) is 8.34. The van der Waals surface area contributed by atoms with Crippen LogP contribution in [0.15, 0.2) is 46.1 Å². The van der Waals surface area contributed by atoms with Crippen LogP contribution < -0.4 is 20.5 Å². The van der Waals surface area contributed by atoms with Gasteiger partial charge in [-0.3, -0.25) is 0 Å². The lowest BCUT2D eigenvalue weighted by atomic mass is 9.98. The minimum Gasteiger partial charge on any atom is -0.493 e. The number of benzene rings is 2. The zero-order chi connectivity index (χ0) is 24.1. The molecule has 0 atom stereocenters. The minimum absolute atomic E-state index is 0.255. The van der Waals surface area contributed by atoms with Crippen LogP contribution in [0, 0.1) is 23.2 Å². The lowest BCUT2D eigenvalue weighted by molar-refractivity contribution is 0.176. The van der Waals surface area contributed by atoms with Gasteiger partial charge in [0.05, 0.1) is 24.9 Å². The molecular weight excluding hydrogens is 505 g/mol. The Bertz CT molecular complexity index is 1260. The number of likely N-dealkylation sites (tertiary alicyclic amines) is 1. The number of aromatic nitrogens is 2. The fourth-order valence-electron chi connectivity index (χ4n) is 3.81. The largest absolute Gasteiger partial charge is 0.493 e. The first-order chi connectivity index (χ1) is 16.5. The smallest absolute Gasteiger partial charge is 0.209 e. The van der Waals surface area contributed by atoms with Crippen molar-refractivity contribution < 1.29 is 13.9 Å². The Morgan fingerprint density at radius 1 is 1.29 bits per heavy atom. The van der Waals surface area contributed by atoms with Crippen molar-refractivity contribution in [3.05, 3.63) is 46.9 Å². The van der Waals surface area contributed by atoms with Gasteiger partial charge < -0.3 is 25.4 Å². The topological polar surface area (TPSA) is 122 Å². The molecule has 0 aliphatic carbocycles. The molecule has 0 amide bonds. The van der Waals surface area contributed by atoms with Crippen LogP contribution in [0.1, 0.15) is 12.8 Å². The first-order valence-corrected chi connectivity index (χ1v) is 11.4. The van der Waals surface area contributed by atoms with Gasteiger partial charge in [-0.1, -0.05) is 15.9 Å². The standard InChI is InChI=1S/C23H23BrFN7O2/c1-33-20-9-16-19(29-13-30-22(16)31-18-3-2-15(24)8-17(18)25)10-21(20)34-11-14-4-6-32(7-5-14)23(27)28-12-26/h2-3,8-10,13-14H,4-7,11H2,1H3,(H2,27,28)(H,29,30,31). The van der Waals surface area contributed by atoms with Crippen molar-refractivity contribution >= 4 is 44.3 Å². The number of ether oxygens (including phenoxy) is 2. The Morgan fingerprint density at radius 3 is 2.79 bits per heavy atom. The Hall–Kier alpha value is -3.65. The van der Waals surface area contributed by atoms with Gasteiger partial charge in [-0.15, -0.1) is 4.99 Å². The second kappa shape index (κ2) is 10.5. The third-order valence-electron chi connectivity index (χ3n) is 5.68. The maximum Gasteiger partial charge on any atom is 0.209 e. The van der Waals surface area contributed by atoms with E-state index in [1.807, 2.05) is 4.90 Å². The zero-order valence-corrected chi connectivity index (χ0v) is 20.0. The van der Waals surface area contributed by atoms with E-state index in [0.717, 1.165) is 25.9 Å². The van der Waals surface area contributed by atoms with Crippen molar-refractivity contribution in [2.75, 3.05) is 32.1 Å². The maximum atomic E-state index is 14.3. The molecule has 176 valence electrons. The van der Waals surface area contributed by atoms with Crippen molar-refractivity contribution in [3.63, 3.8) is 0 Å². The number of nitrogens with zero attached hydrogens (tertiary/aromatic N) is 5. The monoisotopic (exact) mass is 527 g/mol. The molecule has 1 aromatic heterocycles. The van der Waals surface area contributed by atoms with Crippen LogP contribution >= 0.6 is 15.9 Å². The molecular formula is C23H23BrFN7O2. The third-order valence-corrected chi connectivity index (χ3v) is 6.18. The summed E-state index contributed by atoms with van der Waals surface area (Å²) in [7, 11) is 1.56. The number of hydrogen-bond donors (Lipinski definition) is 2. The highest BCUT2D eigenvalue weighted by molar-refractivity contribution is 9.10. The normalized spacial score (nSPS) is 14.6. The molecule has 0 radical (unpaired) electrons. The van der Waals surface area contributed by atoms with E-state index in [9.17, 15) is 4.39 Å². The summed E-state index contributed by atoms with van der Waals surface area (Å²) in [6.45, 7) is 1.94. The molecule has 1 fully saturated rings. The van der Waals surface area contributed by atoms with Crippen LogP contribution in [0.2, 0.25) is 0 Å². The van der Waals surface area contributed by atoms with E-state index >= 15 is 0 Å². The van der Waals surface area contributed by atoms with Gasteiger partial charge >= 0.3 is 0 Å². The molecule has 3 N–H and O–H groups in total. The number of hydrogen-bond acceptors (Lipinski definition) is 7. The first kappa shape index (κ1) is 23.5. The summed E-state index contributed by atoms with van der Waals surface area (Å²) >= 11 is 3.26. The number of halogens is 2. The lowest BCUT2D eigenvalue weighted by Crippen LogP contribution is -2.43. The number of anilines is 2. The molecule has 34 heavy (non-hydrogen) atoms. The van der Waals surface area contributed by atoms with E-state index in [1.165, 1.54) is 12.4 Å². The molecule has 1 saturated heterocycles. The van der Waals surface area contributed by atoms with Crippen molar-refractivity contribution in [2.45, 2.75) is 12.8 Å². The molecule has 4 rings (SSSR count). The van der Waals surface area contributed by atoms with Gasteiger partial charge in [0.25, 0.3) is 0 Å². The molecule has 0 saturated carbocycles. The highest BCUT2D eigenvalue weighted by Gasteiger charge is 2.22. The molecule has 0 unspecified atom stereocenters. The lowest BCUT2D eigenvalue weighted by Gasteiger charge is -2.32. The number of guanidine groups is 1. The van der Waals surface area contributed by atoms with Crippen LogP contribution in [0.5, 0.6) is 11.5 Å². The maximum absolute atomic E-state index is 14.3. The number of aliphatic imine (C=N–C) groups is 1. The SMILES string of the molecule is COc1cc2c(Nc3ccc(Br)cc3F)ncnc2cc1OCC1CCN(/C(N)=N/C#N)CC1. The van der Waals surface area contributed by atoms with E-state index < -0.39 is 5.82 Å². The average Bonchev–Trinajstić information content (AvgIpc) is 2.84. The van der Waals surface area contributed by atoms with Gasteiger partial charge in [-0.05, 0) is 43.0 Å². The number of nitriles is 1. The second-order valence-corrected chi connectivity index (χ2v) is 8.72. The van der Waals surface area contributed by atoms with Crippen molar-refractivity contribution in [2.24, 2.45) is 16.6 Å². The van der Waals surface area contributed by atoms with Gasteiger partial charge in [0.1, 0.15) is 18.0 Å². The molecule has 1 aliphatic rings. The van der Waals surface area contributed by atoms with Crippen LogP contribution in [0.4, 0.5) is 15.9 Å². The van der Waals surface area contributed by atoms with Crippen molar-refractivity contribution in [1.82, 2.24) is 14.9 Å². The zero-order valence-electron chi connectivity index (χ0n) is 18.5. The molecule has 11 heteroatoms. The van der Waals surface area contributed by atoms with Gasteiger partial charge in [0.15, 0.2) is 11.5 Å². The second-order valence-electron chi connectivity index (χ2n) is 7.80. The van der Waals surface area contributed by atoms with Gasteiger partial charge in [0.2, 0.25) is 12.2 Å². The minimum atomic E-state index is -0.403. The predicted octanol–water partition coefficient (Wildman–Crippen LogP) is 4.17. The summed E-state index contributed by atoms with van der Waals surface area (Å²) in [6.07, 6.45) is 4.87.